The summed E-state index contributed by atoms with van der Waals surface area (Å²) >= 11 is 0. The predicted octanol–water partition coefficient (Wildman–Crippen LogP) is 2.03. The van der Waals surface area contributed by atoms with E-state index in [-0.39, 0.29) is 22.9 Å². The second kappa shape index (κ2) is 7.66. The Morgan fingerprint density at radius 3 is 2.46 bits per heavy atom. The fraction of sp³-hybridized carbons (Fsp3) is 0.632. The highest BCUT2D eigenvalue weighted by molar-refractivity contribution is 7.89. The zero-order chi connectivity index (χ0) is 18.9. The Hall–Kier alpha value is -1.44. The van der Waals surface area contributed by atoms with Crippen molar-refractivity contribution in [2.75, 3.05) is 14.1 Å². The van der Waals surface area contributed by atoms with Crippen molar-refractivity contribution >= 4 is 15.9 Å². The number of sulfonamides is 1. The molecule has 1 saturated carbocycles. The van der Waals surface area contributed by atoms with Crippen LogP contribution in [0.15, 0.2) is 29.2 Å². The van der Waals surface area contributed by atoms with Crippen LogP contribution in [0.2, 0.25) is 0 Å². The van der Waals surface area contributed by atoms with Crippen LogP contribution in [0.25, 0.3) is 0 Å². The number of benzene rings is 1. The number of hydrogen-bond donors (Lipinski definition) is 2. The first-order valence-electron chi connectivity index (χ1n) is 9.38. The first kappa shape index (κ1) is 19.3. The number of amides is 1. The van der Waals surface area contributed by atoms with Gasteiger partial charge in [0.1, 0.15) is 0 Å². The molecule has 1 aliphatic carbocycles. The van der Waals surface area contributed by atoms with Gasteiger partial charge in [0.05, 0.1) is 17.0 Å². The molecular weight excluding hydrogens is 350 g/mol. The van der Waals surface area contributed by atoms with E-state index in [2.05, 4.69) is 10.6 Å². The lowest BCUT2D eigenvalue weighted by atomic mass is 9.85. The molecule has 1 heterocycles. The molecule has 2 fully saturated rings. The molecule has 2 aliphatic rings. The van der Waals surface area contributed by atoms with Gasteiger partial charge in [-0.15, -0.1) is 0 Å². The monoisotopic (exact) mass is 379 g/mol. The third kappa shape index (κ3) is 3.94. The van der Waals surface area contributed by atoms with Gasteiger partial charge in [-0.3, -0.25) is 4.79 Å². The molecule has 1 amide bonds. The van der Waals surface area contributed by atoms with Crippen molar-refractivity contribution < 1.29 is 13.2 Å². The van der Waals surface area contributed by atoms with Crippen molar-refractivity contribution in [2.24, 2.45) is 5.92 Å². The molecule has 4 atom stereocenters. The van der Waals surface area contributed by atoms with E-state index < -0.39 is 10.0 Å². The number of carbonyl (C=O) groups excluding carboxylic acids is 1. The number of fused-ring (bicyclic) bond motifs is 1. The standard InChI is InChI=1S/C19H29N3O3S/c1-13(14-8-10-16(11-9-14)26(24,25)22(2)3)20-19(23)18-12-15-6-4-5-7-17(15)21-18/h8-11,13,15,17-18,21H,4-7,12H2,1-3H3,(H,20,23). The van der Waals surface area contributed by atoms with Crippen molar-refractivity contribution in [3.05, 3.63) is 29.8 Å². The van der Waals surface area contributed by atoms with E-state index in [0.29, 0.717) is 12.0 Å². The number of rotatable bonds is 5. The Bertz CT molecular complexity index is 732. The molecule has 1 aromatic carbocycles. The molecule has 144 valence electrons. The Kier molecular flexibility index (Phi) is 5.69. The maximum absolute atomic E-state index is 12.6. The Balaban J connectivity index is 1.61. The highest BCUT2D eigenvalue weighted by atomic mass is 32.2. The molecule has 1 saturated heterocycles. The van der Waals surface area contributed by atoms with Crippen LogP contribution in [0, 0.1) is 5.92 Å². The minimum atomic E-state index is -3.43. The Morgan fingerprint density at radius 1 is 1.19 bits per heavy atom. The summed E-state index contributed by atoms with van der Waals surface area (Å²) in [5.74, 6) is 0.669. The van der Waals surface area contributed by atoms with Gasteiger partial charge in [-0.25, -0.2) is 12.7 Å². The fourth-order valence-electron chi connectivity index (χ4n) is 4.06. The van der Waals surface area contributed by atoms with Crippen LogP contribution < -0.4 is 10.6 Å². The van der Waals surface area contributed by atoms with Gasteiger partial charge in [-0.05, 0) is 49.8 Å². The summed E-state index contributed by atoms with van der Waals surface area (Å²) in [7, 11) is -0.407. The van der Waals surface area contributed by atoms with E-state index in [1.54, 1.807) is 24.3 Å². The third-order valence-electron chi connectivity index (χ3n) is 5.70. The lowest BCUT2D eigenvalue weighted by Crippen LogP contribution is -2.43. The second-order valence-corrected chi connectivity index (χ2v) is 9.84. The Labute approximate surface area is 156 Å². The van der Waals surface area contributed by atoms with Crippen LogP contribution in [-0.4, -0.2) is 44.8 Å². The lowest BCUT2D eigenvalue weighted by molar-refractivity contribution is -0.123. The van der Waals surface area contributed by atoms with Crippen LogP contribution in [-0.2, 0) is 14.8 Å². The van der Waals surface area contributed by atoms with E-state index >= 15 is 0 Å². The van der Waals surface area contributed by atoms with E-state index in [1.807, 2.05) is 6.92 Å². The van der Waals surface area contributed by atoms with Crippen molar-refractivity contribution in [1.29, 1.82) is 0 Å². The molecule has 0 aromatic heterocycles. The minimum absolute atomic E-state index is 0.0388. The first-order chi connectivity index (χ1) is 12.3. The summed E-state index contributed by atoms with van der Waals surface area (Å²) in [6.45, 7) is 1.93. The van der Waals surface area contributed by atoms with Crippen LogP contribution in [0.1, 0.15) is 50.6 Å². The van der Waals surface area contributed by atoms with Crippen molar-refractivity contribution in [1.82, 2.24) is 14.9 Å². The minimum Gasteiger partial charge on any atom is -0.348 e. The fourth-order valence-corrected chi connectivity index (χ4v) is 4.96. The van der Waals surface area contributed by atoms with Gasteiger partial charge in [0.2, 0.25) is 15.9 Å². The summed E-state index contributed by atoms with van der Waals surface area (Å²) in [4.78, 5) is 12.9. The molecule has 3 rings (SSSR count). The van der Waals surface area contributed by atoms with E-state index in [1.165, 1.54) is 44.1 Å². The lowest BCUT2D eigenvalue weighted by Gasteiger charge is -2.24. The maximum atomic E-state index is 12.6. The topological polar surface area (TPSA) is 78.5 Å². The molecule has 0 bridgehead atoms. The van der Waals surface area contributed by atoms with Gasteiger partial charge >= 0.3 is 0 Å². The quantitative estimate of drug-likeness (QED) is 0.821. The molecule has 1 aromatic rings. The SMILES string of the molecule is CC(NC(=O)C1CC2CCCCC2N1)c1ccc(S(=O)(=O)N(C)C)cc1. The van der Waals surface area contributed by atoms with Crippen molar-refractivity contribution in [3.8, 4) is 0 Å². The van der Waals surface area contributed by atoms with Gasteiger partial charge < -0.3 is 10.6 Å². The molecule has 0 radical (unpaired) electrons. The molecule has 7 heteroatoms. The van der Waals surface area contributed by atoms with Crippen LogP contribution in [0.5, 0.6) is 0 Å². The second-order valence-electron chi connectivity index (χ2n) is 7.69. The average molecular weight is 380 g/mol. The molecule has 6 nitrogen and oxygen atoms in total. The summed E-state index contributed by atoms with van der Waals surface area (Å²) in [6, 6.07) is 6.94. The smallest absolute Gasteiger partial charge is 0.242 e. The van der Waals surface area contributed by atoms with Crippen molar-refractivity contribution in [2.45, 2.75) is 62.0 Å². The number of hydrogen-bond acceptors (Lipinski definition) is 4. The Morgan fingerprint density at radius 2 is 1.85 bits per heavy atom. The number of nitrogens with zero attached hydrogens (tertiary/aromatic N) is 1. The zero-order valence-corrected chi connectivity index (χ0v) is 16.6. The molecule has 0 spiro atoms. The summed E-state index contributed by atoms with van der Waals surface area (Å²) in [5, 5.41) is 6.56. The van der Waals surface area contributed by atoms with Crippen molar-refractivity contribution in [3.63, 3.8) is 0 Å². The van der Waals surface area contributed by atoms with Gasteiger partial charge in [0.15, 0.2) is 0 Å². The highest BCUT2D eigenvalue weighted by Gasteiger charge is 2.38. The summed E-state index contributed by atoms with van der Waals surface area (Å²) in [6.07, 6.45) is 5.84. The van der Waals surface area contributed by atoms with E-state index in [9.17, 15) is 13.2 Å². The summed E-state index contributed by atoms with van der Waals surface area (Å²) < 4.78 is 25.5. The molecule has 26 heavy (non-hydrogen) atoms. The zero-order valence-electron chi connectivity index (χ0n) is 15.7. The van der Waals surface area contributed by atoms with Gasteiger partial charge in [0, 0.05) is 20.1 Å². The highest BCUT2D eigenvalue weighted by Crippen LogP contribution is 2.33. The van der Waals surface area contributed by atoms with Crippen LogP contribution in [0.4, 0.5) is 0 Å². The molecular formula is C19H29N3O3S. The number of carbonyl (C=O) groups is 1. The van der Waals surface area contributed by atoms with Gasteiger partial charge in [0.25, 0.3) is 0 Å². The van der Waals surface area contributed by atoms with Gasteiger partial charge in [-0.2, -0.15) is 0 Å². The van der Waals surface area contributed by atoms with E-state index in [0.717, 1.165) is 12.0 Å². The molecule has 2 N–H and O–H groups in total. The summed E-state index contributed by atoms with van der Waals surface area (Å²) in [5.41, 5.74) is 0.895. The predicted molar refractivity (Wildman–Crippen MR) is 101 cm³/mol. The van der Waals surface area contributed by atoms with E-state index in [4.69, 9.17) is 0 Å². The number of nitrogens with one attached hydrogen (secondary N) is 2. The molecule has 1 aliphatic heterocycles. The van der Waals surface area contributed by atoms with Crippen LogP contribution in [0.3, 0.4) is 0 Å². The maximum Gasteiger partial charge on any atom is 0.242 e. The average Bonchev–Trinajstić information content (AvgIpc) is 3.06. The first-order valence-corrected chi connectivity index (χ1v) is 10.8. The third-order valence-corrected chi connectivity index (χ3v) is 7.53. The largest absolute Gasteiger partial charge is 0.348 e. The molecule has 4 unspecified atom stereocenters. The van der Waals surface area contributed by atoms with Crippen LogP contribution >= 0.6 is 0 Å². The normalized spacial score (nSPS) is 27.2. The van der Waals surface area contributed by atoms with Gasteiger partial charge in [-0.1, -0.05) is 25.0 Å².